The third-order valence-corrected chi connectivity index (χ3v) is 4.27. The van der Waals surface area contributed by atoms with Crippen molar-refractivity contribution in [3.63, 3.8) is 0 Å². The van der Waals surface area contributed by atoms with Gasteiger partial charge in [-0.1, -0.05) is 13.8 Å². The van der Waals surface area contributed by atoms with Crippen LogP contribution < -0.4 is 10.6 Å². The molecule has 0 aromatic rings. The average molecular weight is 309 g/mol. The highest BCUT2D eigenvalue weighted by Gasteiger charge is 2.32. The Morgan fingerprint density at radius 2 is 2.18 bits per heavy atom. The van der Waals surface area contributed by atoms with E-state index in [0.717, 1.165) is 19.5 Å². The molecule has 0 aliphatic carbocycles. The summed E-state index contributed by atoms with van der Waals surface area (Å²) in [6.07, 6.45) is 3.07. The first-order valence-corrected chi connectivity index (χ1v) is 8.25. The van der Waals surface area contributed by atoms with E-state index < -0.39 is 0 Å². The molecule has 0 aromatic heterocycles. The molecular weight excluding hydrogens is 282 g/mol. The molecular formula is C16H27N3O3. The number of likely N-dealkylation sites (tertiary alicyclic amines) is 1. The number of ether oxygens (including phenoxy) is 1. The van der Waals surface area contributed by atoms with Gasteiger partial charge in [-0.2, -0.15) is 0 Å². The highest BCUT2D eigenvalue weighted by Crippen LogP contribution is 2.21. The van der Waals surface area contributed by atoms with Crippen LogP contribution in [0, 0.1) is 5.92 Å². The Morgan fingerprint density at radius 3 is 2.82 bits per heavy atom. The topological polar surface area (TPSA) is 70.7 Å². The fraction of sp³-hybridized carbons (Fsp3) is 0.750. The van der Waals surface area contributed by atoms with E-state index in [1.165, 1.54) is 6.42 Å². The Bertz CT molecular complexity index is 462. The van der Waals surface area contributed by atoms with E-state index in [0.29, 0.717) is 36.8 Å². The Balaban J connectivity index is 2.22. The molecule has 22 heavy (non-hydrogen) atoms. The lowest BCUT2D eigenvalue weighted by molar-refractivity contribution is -0.139. The molecule has 2 heterocycles. The highest BCUT2D eigenvalue weighted by atomic mass is 16.5. The molecule has 0 spiro atoms. The first-order chi connectivity index (χ1) is 10.5. The lowest BCUT2D eigenvalue weighted by Gasteiger charge is -2.34. The molecule has 2 rings (SSSR count). The Hall–Kier alpha value is -1.56. The van der Waals surface area contributed by atoms with Crippen LogP contribution in [-0.4, -0.2) is 49.2 Å². The Kier molecular flexibility index (Phi) is 5.83. The van der Waals surface area contributed by atoms with Gasteiger partial charge in [-0.25, -0.2) is 9.59 Å². The Morgan fingerprint density at radius 1 is 1.41 bits per heavy atom. The molecule has 6 heteroatoms. The molecule has 0 saturated carbocycles. The second-order valence-corrected chi connectivity index (χ2v) is 6.15. The summed E-state index contributed by atoms with van der Waals surface area (Å²) in [5.74, 6) is 0.321. The summed E-state index contributed by atoms with van der Waals surface area (Å²) >= 11 is 0. The van der Waals surface area contributed by atoms with E-state index in [9.17, 15) is 9.59 Å². The lowest BCUT2D eigenvalue weighted by atomic mass is 9.97. The molecule has 2 aliphatic rings. The maximum atomic E-state index is 12.3. The number of nitrogens with one attached hydrogen (secondary N) is 2. The zero-order chi connectivity index (χ0) is 16.1. The lowest BCUT2D eigenvalue weighted by Crippen LogP contribution is -2.52. The number of nitrogens with zero attached hydrogens (tertiary/aromatic N) is 1. The first kappa shape index (κ1) is 16.8. The van der Waals surface area contributed by atoms with Crippen LogP contribution in [0.4, 0.5) is 4.79 Å². The summed E-state index contributed by atoms with van der Waals surface area (Å²) < 4.78 is 5.18. The minimum Gasteiger partial charge on any atom is -0.463 e. The number of rotatable bonds is 5. The minimum absolute atomic E-state index is 0.236. The zero-order valence-corrected chi connectivity index (χ0v) is 13.8. The third-order valence-electron chi connectivity index (χ3n) is 4.27. The number of urea groups is 1. The largest absolute Gasteiger partial charge is 0.463 e. The van der Waals surface area contributed by atoms with Gasteiger partial charge in [-0.15, -0.1) is 0 Å². The highest BCUT2D eigenvalue weighted by molar-refractivity contribution is 5.94. The van der Waals surface area contributed by atoms with Crippen molar-refractivity contribution >= 4 is 12.0 Å². The van der Waals surface area contributed by atoms with Crippen molar-refractivity contribution in [1.82, 2.24) is 15.5 Å². The second kappa shape index (κ2) is 7.63. The number of amides is 2. The minimum atomic E-state index is -0.332. The molecule has 124 valence electrons. The average Bonchev–Trinajstić information content (AvgIpc) is 2.46. The molecule has 0 unspecified atom stereocenters. The monoisotopic (exact) mass is 309 g/mol. The molecule has 2 N–H and O–H groups in total. The molecule has 0 radical (unpaired) electrons. The van der Waals surface area contributed by atoms with Crippen LogP contribution >= 0.6 is 0 Å². The van der Waals surface area contributed by atoms with Crippen LogP contribution in [0.2, 0.25) is 0 Å². The van der Waals surface area contributed by atoms with Crippen molar-refractivity contribution in [1.29, 1.82) is 0 Å². The van der Waals surface area contributed by atoms with Crippen molar-refractivity contribution in [2.75, 3.05) is 26.2 Å². The van der Waals surface area contributed by atoms with Crippen molar-refractivity contribution in [3.05, 3.63) is 11.3 Å². The number of esters is 1. The quantitative estimate of drug-likeness (QED) is 0.757. The number of hydrogen-bond acceptors (Lipinski definition) is 4. The van der Waals surface area contributed by atoms with Gasteiger partial charge in [-0.05, 0) is 38.6 Å². The SMILES string of the molecule is CCOC(=O)C1=C(CN2CCC[C@H](C)C2)NC(=O)N[C@@H]1CC. The standard InChI is InChI=1S/C16H27N3O3/c1-4-12-14(15(20)22-5-2)13(18-16(21)17-12)10-19-8-6-7-11(3)9-19/h11-12H,4-10H2,1-3H3,(H2,17,18,21)/t11-,12+/m0/s1. The fourth-order valence-electron chi connectivity index (χ4n) is 3.24. The van der Waals surface area contributed by atoms with Gasteiger partial charge in [-0.3, -0.25) is 4.90 Å². The summed E-state index contributed by atoms with van der Waals surface area (Å²) in [6, 6.07) is -0.509. The van der Waals surface area contributed by atoms with Crippen LogP contribution in [0.15, 0.2) is 11.3 Å². The van der Waals surface area contributed by atoms with Crippen LogP contribution in [0.3, 0.4) is 0 Å². The van der Waals surface area contributed by atoms with Gasteiger partial charge in [0.05, 0.1) is 18.2 Å². The van der Waals surface area contributed by atoms with Crippen molar-refractivity contribution < 1.29 is 14.3 Å². The summed E-state index contributed by atoms with van der Waals surface area (Å²) in [4.78, 5) is 26.5. The second-order valence-electron chi connectivity index (χ2n) is 6.15. The van der Waals surface area contributed by atoms with Crippen LogP contribution in [-0.2, 0) is 9.53 Å². The maximum absolute atomic E-state index is 12.3. The number of piperidine rings is 1. The van der Waals surface area contributed by atoms with Crippen molar-refractivity contribution in [2.45, 2.75) is 46.1 Å². The van der Waals surface area contributed by atoms with E-state index in [4.69, 9.17) is 4.74 Å². The van der Waals surface area contributed by atoms with E-state index in [2.05, 4.69) is 22.5 Å². The van der Waals surface area contributed by atoms with E-state index >= 15 is 0 Å². The van der Waals surface area contributed by atoms with E-state index in [1.807, 2.05) is 6.92 Å². The predicted molar refractivity (Wildman–Crippen MR) is 84.2 cm³/mol. The summed E-state index contributed by atoms with van der Waals surface area (Å²) in [5.41, 5.74) is 1.27. The number of carbonyl (C=O) groups is 2. The van der Waals surface area contributed by atoms with Gasteiger partial charge >= 0.3 is 12.0 Å². The molecule has 2 atom stereocenters. The molecule has 2 aliphatic heterocycles. The van der Waals surface area contributed by atoms with Crippen LogP contribution in [0.1, 0.15) is 40.0 Å². The normalized spacial score (nSPS) is 26.4. The van der Waals surface area contributed by atoms with E-state index in [1.54, 1.807) is 6.92 Å². The van der Waals surface area contributed by atoms with Crippen LogP contribution in [0.5, 0.6) is 0 Å². The van der Waals surface area contributed by atoms with Crippen molar-refractivity contribution in [2.24, 2.45) is 5.92 Å². The van der Waals surface area contributed by atoms with E-state index in [-0.39, 0.29) is 18.0 Å². The van der Waals surface area contributed by atoms with Crippen molar-refractivity contribution in [3.8, 4) is 0 Å². The Labute approximate surface area is 132 Å². The smallest absolute Gasteiger partial charge is 0.337 e. The zero-order valence-electron chi connectivity index (χ0n) is 13.8. The number of hydrogen-bond donors (Lipinski definition) is 2. The molecule has 1 saturated heterocycles. The van der Waals surface area contributed by atoms with Gasteiger partial charge in [0.2, 0.25) is 0 Å². The predicted octanol–water partition coefficient (Wildman–Crippen LogP) is 1.63. The summed E-state index contributed by atoms with van der Waals surface area (Å²) in [6.45, 7) is 8.92. The van der Waals surface area contributed by atoms with Gasteiger partial charge < -0.3 is 15.4 Å². The molecule has 1 fully saturated rings. The van der Waals surface area contributed by atoms with Crippen LogP contribution in [0.25, 0.3) is 0 Å². The van der Waals surface area contributed by atoms with Gasteiger partial charge in [0, 0.05) is 18.8 Å². The van der Waals surface area contributed by atoms with Gasteiger partial charge in [0.25, 0.3) is 0 Å². The summed E-state index contributed by atoms with van der Waals surface area (Å²) in [7, 11) is 0. The number of carbonyl (C=O) groups excluding carboxylic acids is 2. The molecule has 2 amide bonds. The first-order valence-electron chi connectivity index (χ1n) is 8.25. The summed E-state index contributed by atoms with van der Waals surface area (Å²) in [5, 5.41) is 5.62. The van der Waals surface area contributed by atoms with Gasteiger partial charge in [0.1, 0.15) is 0 Å². The van der Waals surface area contributed by atoms with Gasteiger partial charge in [0.15, 0.2) is 0 Å². The fourth-order valence-corrected chi connectivity index (χ4v) is 3.24. The molecule has 0 aromatic carbocycles. The molecule has 6 nitrogen and oxygen atoms in total. The molecule has 0 bridgehead atoms. The third kappa shape index (κ3) is 4.00. The maximum Gasteiger partial charge on any atom is 0.337 e.